The van der Waals surface area contributed by atoms with Gasteiger partial charge in [-0.2, -0.15) is 0 Å². The molecule has 1 aliphatic carbocycles. The molecule has 3 rings (SSSR count). The first-order valence-electron chi connectivity index (χ1n) is 7.51. The van der Waals surface area contributed by atoms with Gasteiger partial charge in [0, 0.05) is 6.42 Å². The Morgan fingerprint density at radius 1 is 1.10 bits per heavy atom. The fraction of sp³-hybridized carbons (Fsp3) is 0.263. The number of aliphatic hydroxyl groups excluding tert-OH is 1. The van der Waals surface area contributed by atoms with Crippen molar-refractivity contribution in [1.29, 1.82) is 0 Å². The molecule has 2 aromatic rings. The molecular weight excluding hydrogens is 258 g/mol. The van der Waals surface area contributed by atoms with Crippen LogP contribution in [0.1, 0.15) is 34.8 Å². The van der Waals surface area contributed by atoms with Gasteiger partial charge in [-0.3, -0.25) is 0 Å². The Balaban J connectivity index is 2.16. The van der Waals surface area contributed by atoms with Gasteiger partial charge in [0.15, 0.2) is 0 Å². The lowest BCUT2D eigenvalue weighted by Gasteiger charge is -2.13. The largest absolute Gasteiger partial charge is 0.388 e. The lowest BCUT2D eigenvalue weighted by atomic mass is 9.93. The van der Waals surface area contributed by atoms with Gasteiger partial charge in [-0.15, -0.1) is 0 Å². The van der Waals surface area contributed by atoms with Crippen molar-refractivity contribution in [3.63, 3.8) is 0 Å². The summed E-state index contributed by atoms with van der Waals surface area (Å²) in [5, 5.41) is 13.7. The van der Waals surface area contributed by atoms with E-state index in [-0.39, 0.29) is 0 Å². The Kier molecular flexibility index (Phi) is 4.18. The number of rotatable bonds is 3. The zero-order valence-corrected chi connectivity index (χ0v) is 12.3. The molecule has 21 heavy (non-hydrogen) atoms. The molecule has 2 N–H and O–H groups in total. The summed E-state index contributed by atoms with van der Waals surface area (Å²) >= 11 is 0. The summed E-state index contributed by atoms with van der Waals surface area (Å²) in [5.74, 6) is 0. The summed E-state index contributed by atoms with van der Waals surface area (Å²) in [6.07, 6.45) is 3.51. The highest BCUT2D eigenvalue weighted by molar-refractivity contribution is 5.84. The summed E-state index contributed by atoms with van der Waals surface area (Å²) in [6.45, 7) is 0.955. The third-order valence-electron chi connectivity index (χ3n) is 4.07. The van der Waals surface area contributed by atoms with Gasteiger partial charge in [0.25, 0.3) is 0 Å². The van der Waals surface area contributed by atoms with Crippen LogP contribution in [0.2, 0.25) is 0 Å². The first kappa shape index (κ1) is 14.1. The van der Waals surface area contributed by atoms with Crippen LogP contribution in [0.15, 0.2) is 54.6 Å². The van der Waals surface area contributed by atoms with E-state index in [4.69, 9.17) is 0 Å². The van der Waals surface area contributed by atoms with Gasteiger partial charge in [-0.05, 0) is 47.8 Å². The average Bonchev–Trinajstić information content (AvgIpc) is 2.63. The van der Waals surface area contributed by atoms with Crippen LogP contribution in [0, 0.1) is 0 Å². The molecule has 0 unspecified atom stereocenters. The molecule has 2 heteroatoms. The minimum Gasteiger partial charge on any atom is -0.388 e. The molecule has 2 aromatic carbocycles. The van der Waals surface area contributed by atoms with E-state index in [1.165, 1.54) is 16.7 Å². The predicted molar refractivity (Wildman–Crippen MR) is 87.2 cm³/mol. The van der Waals surface area contributed by atoms with Crippen LogP contribution in [0.5, 0.6) is 0 Å². The molecule has 0 saturated heterocycles. The highest BCUT2D eigenvalue weighted by Gasteiger charge is 2.22. The van der Waals surface area contributed by atoms with Gasteiger partial charge < -0.3 is 10.4 Å². The topological polar surface area (TPSA) is 32.3 Å². The molecule has 2 nitrogen and oxygen atoms in total. The maximum atomic E-state index is 10.5. The van der Waals surface area contributed by atoms with Crippen LogP contribution in [-0.4, -0.2) is 18.7 Å². The van der Waals surface area contributed by atoms with Crippen LogP contribution in [0.4, 0.5) is 0 Å². The number of benzene rings is 2. The van der Waals surface area contributed by atoms with Gasteiger partial charge in [0.1, 0.15) is 0 Å². The summed E-state index contributed by atoms with van der Waals surface area (Å²) in [6, 6.07) is 16.6. The first-order chi connectivity index (χ1) is 10.3. The predicted octanol–water partition coefficient (Wildman–Crippen LogP) is 3.32. The molecule has 0 radical (unpaired) electrons. The van der Waals surface area contributed by atoms with Gasteiger partial charge in [-0.1, -0.05) is 54.6 Å². The highest BCUT2D eigenvalue weighted by Crippen LogP contribution is 2.37. The molecule has 0 bridgehead atoms. The zero-order valence-electron chi connectivity index (χ0n) is 12.3. The van der Waals surface area contributed by atoms with Crippen LogP contribution in [-0.2, 0) is 6.42 Å². The van der Waals surface area contributed by atoms with E-state index in [2.05, 4.69) is 35.7 Å². The van der Waals surface area contributed by atoms with Crippen molar-refractivity contribution in [2.24, 2.45) is 0 Å². The number of nitrogens with one attached hydrogen (secondary N) is 1. The third-order valence-corrected chi connectivity index (χ3v) is 4.07. The van der Waals surface area contributed by atoms with Crippen LogP contribution in [0.25, 0.3) is 5.57 Å². The standard InChI is InChI=1S/C19H21NO/c1-20-12-6-11-16-15-8-3-2-7-14(15)13-19(21)18-10-5-4-9-17(16)18/h2-5,7-11,19-21H,6,12-13H2,1H3/b16-11+/t19-/m1/s1. The van der Waals surface area contributed by atoms with Crippen molar-refractivity contribution >= 4 is 5.57 Å². The summed E-state index contributed by atoms with van der Waals surface area (Å²) in [7, 11) is 1.97. The maximum absolute atomic E-state index is 10.5. The zero-order chi connectivity index (χ0) is 14.7. The van der Waals surface area contributed by atoms with Crippen molar-refractivity contribution in [2.45, 2.75) is 18.9 Å². The second kappa shape index (κ2) is 6.25. The maximum Gasteiger partial charge on any atom is 0.0836 e. The minimum atomic E-state index is -0.433. The minimum absolute atomic E-state index is 0.433. The van der Waals surface area contributed by atoms with Crippen LogP contribution < -0.4 is 5.32 Å². The van der Waals surface area contributed by atoms with Crippen molar-refractivity contribution in [1.82, 2.24) is 5.32 Å². The van der Waals surface area contributed by atoms with Gasteiger partial charge in [0.2, 0.25) is 0 Å². The smallest absolute Gasteiger partial charge is 0.0836 e. The Hall–Kier alpha value is -1.90. The van der Waals surface area contributed by atoms with E-state index in [0.29, 0.717) is 6.42 Å². The van der Waals surface area contributed by atoms with E-state index in [1.807, 2.05) is 31.3 Å². The Morgan fingerprint density at radius 2 is 1.81 bits per heavy atom. The quantitative estimate of drug-likeness (QED) is 0.845. The monoisotopic (exact) mass is 279 g/mol. The Bertz CT molecular complexity index is 660. The average molecular weight is 279 g/mol. The van der Waals surface area contributed by atoms with E-state index >= 15 is 0 Å². The molecule has 0 heterocycles. The molecule has 0 spiro atoms. The number of hydrogen-bond donors (Lipinski definition) is 2. The first-order valence-corrected chi connectivity index (χ1v) is 7.51. The van der Waals surface area contributed by atoms with Gasteiger partial charge in [-0.25, -0.2) is 0 Å². The molecule has 0 aliphatic heterocycles. The molecular formula is C19H21NO. The summed E-state index contributed by atoms with van der Waals surface area (Å²) in [5.41, 5.74) is 5.90. The summed E-state index contributed by atoms with van der Waals surface area (Å²) in [4.78, 5) is 0. The second-order valence-electron chi connectivity index (χ2n) is 5.47. The van der Waals surface area contributed by atoms with E-state index in [9.17, 15) is 5.11 Å². The fourth-order valence-corrected chi connectivity index (χ4v) is 3.04. The lowest BCUT2D eigenvalue weighted by molar-refractivity contribution is 0.179. The molecule has 0 amide bonds. The number of aliphatic hydroxyl groups is 1. The fourth-order valence-electron chi connectivity index (χ4n) is 3.04. The molecule has 0 aromatic heterocycles. The van der Waals surface area contributed by atoms with E-state index in [0.717, 1.165) is 24.1 Å². The highest BCUT2D eigenvalue weighted by atomic mass is 16.3. The molecule has 0 saturated carbocycles. The molecule has 0 fully saturated rings. The SMILES string of the molecule is CNCC/C=C1\c2ccccc2C[C@@H](O)c2ccccc21. The van der Waals surface area contributed by atoms with Gasteiger partial charge >= 0.3 is 0 Å². The molecule has 108 valence electrons. The number of hydrogen-bond acceptors (Lipinski definition) is 2. The van der Waals surface area contributed by atoms with E-state index < -0.39 is 6.10 Å². The van der Waals surface area contributed by atoms with Crippen molar-refractivity contribution in [3.05, 3.63) is 76.9 Å². The Labute approximate surface area is 126 Å². The van der Waals surface area contributed by atoms with Crippen molar-refractivity contribution in [2.75, 3.05) is 13.6 Å². The third kappa shape index (κ3) is 2.78. The lowest BCUT2D eigenvalue weighted by Crippen LogP contribution is -2.06. The second-order valence-corrected chi connectivity index (χ2v) is 5.47. The van der Waals surface area contributed by atoms with Crippen LogP contribution >= 0.6 is 0 Å². The van der Waals surface area contributed by atoms with Gasteiger partial charge in [0.05, 0.1) is 6.10 Å². The van der Waals surface area contributed by atoms with Crippen molar-refractivity contribution in [3.8, 4) is 0 Å². The normalized spacial score (nSPS) is 19.0. The summed E-state index contributed by atoms with van der Waals surface area (Å²) < 4.78 is 0. The Morgan fingerprint density at radius 3 is 2.62 bits per heavy atom. The van der Waals surface area contributed by atoms with Crippen molar-refractivity contribution < 1.29 is 5.11 Å². The van der Waals surface area contributed by atoms with E-state index in [1.54, 1.807) is 0 Å². The molecule has 1 atom stereocenters. The number of fused-ring (bicyclic) bond motifs is 2. The molecule has 1 aliphatic rings. The van der Waals surface area contributed by atoms with Crippen LogP contribution in [0.3, 0.4) is 0 Å².